The van der Waals surface area contributed by atoms with Crippen LogP contribution in [0.15, 0.2) is 35.3 Å². The predicted molar refractivity (Wildman–Crippen MR) is 110 cm³/mol. The lowest BCUT2D eigenvalue weighted by Gasteiger charge is -2.29. The minimum Gasteiger partial charge on any atom is -0.378 e. The second-order valence-electron chi connectivity index (χ2n) is 6.39. The van der Waals surface area contributed by atoms with E-state index < -0.39 is 0 Å². The summed E-state index contributed by atoms with van der Waals surface area (Å²) in [6, 6.07) is 9.71. The molecule has 2 heterocycles. The van der Waals surface area contributed by atoms with E-state index in [-0.39, 0.29) is 5.82 Å². The van der Waals surface area contributed by atoms with Crippen molar-refractivity contribution in [1.29, 1.82) is 0 Å². The van der Waals surface area contributed by atoms with E-state index in [0.29, 0.717) is 31.4 Å². The number of anilines is 1. The quantitative estimate of drug-likeness (QED) is 0.588. The highest BCUT2D eigenvalue weighted by molar-refractivity contribution is 7.11. The van der Waals surface area contributed by atoms with Crippen molar-refractivity contribution in [2.45, 2.75) is 26.4 Å². The van der Waals surface area contributed by atoms with E-state index >= 15 is 0 Å². The Hall–Kier alpha value is -2.12. The first-order valence-electron chi connectivity index (χ1n) is 9.33. The van der Waals surface area contributed by atoms with E-state index in [0.717, 1.165) is 31.6 Å². The van der Waals surface area contributed by atoms with Gasteiger partial charge >= 0.3 is 0 Å². The van der Waals surface area contributed by atoms with Gasteiger partial charge in [0.15, 0.2) is 5.96 Å². The molecule has 0 spiro atoms. The Balaban J connectivity index is 1.52. The largest absolute Gasteiger partial charge is 0.378 e. The van der Waals surface area contributed by atoms with Crippen molar-refractivity contribution in [3.05, 3.63) is 51.5 Å². The number of hydrogen-bond donors (Lipinski definition) is 2. The summed E-state index contributed by atoms with van der Waals surface area (Å²) in [6.07, 6.45) is 1.06. The Morgan fingerprint density at radius 2 is 1.89 bits per heavy atom. The predicted octanol–water partition coefficient (Wildman–Crippen LogP) is 3.15. The number of rotatable bonds is 6. The molecule has 7 heteroatoms. The van der Waals surface area contributed by atoms with E-state index in [1.54, 1.807) is 13.1 Å². The van der Waals surface area contributed by atoms with Crippen LogP contribution in [0.4, 0.5) is 10.1 Å². The fourth-order valence-electron chi connectivity index (χ4n) is 3.01. The normalized spacial score (nSPS) is 15.1. The highest BCUT2D eigenvalue weighted by Gasteiger charge is 2.15. The molecular formula is C20H27FN4OS. The number of hydrogen-bond acceptors (Lipinski definition) is 4. The van der Waals surface area contributed by atoms with E-state index in [2.05, 4.69) is 34.7 Å². The third kappa shape index (κ3) is 5.43. The molecular weight excluding hydrogens is 363 g/mol. The molecule has 2 N–H and O–H groups in total. The maximum atomic E-state index is 14.5. The van der Waals surface area contributed by atoms with E-state index in [1.165, 1.54) is 9.75 Å². The van der Waals surface area contributed by atoms with Gasteiger partial charge in [0.1, 0.15) is 5.82 Å². The smallest absolute Gasteiger partial charge is 0.191 e. The van der Waals surface area contributed by atoms with Crippen molar-refractivity contribution in [1.82, 2.24) is 10.6 Å². The summed E-state index contributed by atoms with van der Waals surface area (Å²) in [5.41, 5.74) is 1.53. The van der Waals surface area contributed by atoms with Gasteiger partial charge in [-0.3, -0.25) is 4.99 Å². The second-order valence-corrected chi connectivity index (χ2v) is 7.64. The first-order chi connectivity index (χ1) is 13.2. The summed E-state index contributed by atoms with van der Waals surface area (Å²) in [7, 11) is 1.74. The maximum Gasteiger partial charge on any atom is 0.191 e. The lowest BCUT2D eigenvalue weighted by molar-refractivity contribution is 0.122. The first kappa shape index (κ1) is 19.6. The molecule has 2 aromatic rings. The van der Waals surface area contributed by atoms with Gasteiger partial charge in [0, 0.05) is 36.4 Å². The molecule has 1 aromatic carbocycles. The molecule has 0 amide bonds. The van der Waals surface area contributed by atoms with Crippen LogP contribution in [-0.2, 0) is 24.2 Å². The molecule has 0 bridgehead atoms. The molecule has 1 aromatic heterocycles. The van der Waals surface area contributed by atoms with Gasteiger partial charge in [-0.1, -0.05) is 13.0 Å². The first-order valence-corrected chi connectivity index (χ1v) is 10.1. The number of aliphatic imine (C=N–C) groups is 1. The number of nitrogens with zero attached hydrogens (tertiary/aromatic N) is 2. The molecule has 1 aliphatic rings. The van der Waals surface area contributed by atoms with Crippen LogP contribution < -0.4 is 15.5 Å². The van der Waals surface area contributed by atoms with Gasteiger partial charge in [0.2, 0.25) is 0 Å². The van der Waals surface area contributed by atoms with Crippen molar-refractivity contribution in [2.75, 3.05) is 38.3 Å². The van der Waals surface area contributed by atoms with Crippen LogP contribution in [0.25, 0.3) is 0 Å². The van der Waals surface area contributed by atoms with Crippen LogP contribution in [0.5, 0.6) is 0 Å². The fraction of sp³-hybridized carbons (Fsp3) is 0.450. The average Bonchev–Trinajstić information content (AvgIpc) is 3.17. The molecule has 146 valence electrons. The van der Waals surface area contributed by atoms with Crippen LogP contribution in [0.2, 0.25) is 0 Å². The Labute approximate surface area is 164 Å². The van der Waals surface area contributed by atoms with Gasteiger partial charge in [-0.2, -0.15) is 0 Å². The molecule has 1 saturated heterocycles. The maximum absolute atomic E-state index is 14.5. The monoisotopic (exact) mass is 390 g/mol. The summed E-state index contributed by atoms with van der Waals surface area (Å²) >= 11 is 1.81. The number of benzene rings is 1. The third-order valence-electron chi connectivity index (χ3n) is 4.54. The van der Waals surface area contributed by atoms with Gasteiger partial charge in [-0.25, -0.2) is 4.39 Å². The molecule has 27 heavy (non-hydrogen) atoms. The summed E-state index contributed by atoms with van der Waals surface area (Å²) in [5.74, 6) is 0.518. The number of morpholine rings is 1. The molecule has 0 atom stereocenters. The van der Waals surface area contributed by atoms with Crippen molar-refractivity contribution >= 4 is 23.0 Å². The van der Waals surface area contributed by atoms with Crippen molar-refractivity contribution in [3.8, 4) is 0 Å². The van der Waals surface area contributed by atoms with Crippen molar-refractivity contribution in [2.24, 2.45) is 4.99 Å². The Morgan fingerprint density at radius 3 is 2.56 bits per heavy atom. The summed E-state index contributed by atoms with van der Waals surface area (Å²) in [4.78, 5) is 8.93. The molecule has 0 radical (unpaired) electrons. The van der Waals surface area contributed by atoms with Crippen LogP contribution in [0, 0.1) is 5.82 Å². The number of guanidine groups is 1. The van der Waals surface area contributed by atoms with Gasteiger partial charge in [-0.15, -0.1) is 11.3 Å². The van der Waals surface area contributed by atoms with Crippen LogP contribution in [0.1, 0.15) is 22.2 Å². The number of thiophene rings is 1. The molecule has 0 unspecified atom stereocenters. The molecule has 3 rings (SSSR count). The lowest BCUT2D eigenvalue weighted by atomic mass is 10.1. The Kier molecular flexibility index (Phi) is 7.06. The van der Waals surface area contributed by atoms with Gasteiger partial charge in [-0.05, 0) is 36.2 Å². The molecule has 1 aliphatic heterocycles. The van der Waals surface area contributed by atoms with E-state index in [1.807, 2.05) is 28.4 Å². The third-order valence-corrected chi connectivity index (χ3v) is 5.77. The topological polar surface area (TPSA) is 48.9 Å². The molecule has 0 saturated carbocycles. The fourth-order valence-corrected chi connectivity index (χ4v) is 3.90. The summed E-state index contributed by atoms with van der Waals surface area (Å²) in [6.45, 7) is 6.16. The highest BCUT2D eigenvalue weighted by atomic mass is 32.1. The van der Waals surface area contributed by atoms with Gasteiger partial charge in [0.25, 0.3) is 0 Å². The van der Waals surface area contributed by atoms with Crippen molar-refractivity contribution < 1.29 is 9.13 Å². The van der Waals surface area contributed by atoms with Gasteiger partial charge < -0.3 is 20.3 Å². The Bertz CT molecular complexity index is 771. The van der Waals surface area contributed by atoms with Crippen LogP contribution >= 0.6 is 11.3 Å². The number of ether oxygens (including phenoxy) is 1. The highest BCUT2D eigenvalue weighted by Crippen LogP contribution is 2.21. The number of aryl methyl sites for hydroxylation is 1. The zero-order valence-electron chi connectivity index (χ0n) is 15.9. The molecule has 1 fully saturated rings. The minimum atomic E-state index is -0.190. The summed E-state index contributed by atoms with van der Waals surface area (Å²) < 4.78 is 19.8. The lowest BCUT2D eigenvalue weighted by Crippen LogP contribution is -2.37. The zero-order chi connectivity index (χ0) is 19.1. The van der Waals surface area contributed by atoms with Crippen molar-refractivity contribution in [3.63, 3.8) is 0 Å². The van der Waals surface area contributed by atoms with E-state index in [4.69, 9.17) is 4.74 Å². The van der Waals surface area contributed by atoms with Crippen LogP contribution in [-0.4, -0.2) is 39.3 Å². The number of nitrogens with one attached hydrogen (secondary N) is 2. The summed E-state index contributed by atoms with van der Waals surface area (Å²) in [5, 5.41) is 6.55. The van der Waals surface area contributed by atoms with Crippen LogP contribution in [0.3, 0.4) is 0 Å². The Morgan fingerprint density at radius 1 is 1.15 bits per heavy atom. The average molecular weight is 391 g/mol. The molecule has 5 nitrogen and oxygen atoms in total. The number of halogens is 1. The minimum absolute atomic E-state index is 0.190. The molecule has 0 aliphatic carbocycles. The standard InChI is InChI=1S/C20H27FN4OS/c1-3-16-5-6-17(27-16)14-24-20(22-2)23-13-15-4-7-19(18(21)12-15)25-8-10-26-11-9-25/h4-7,12H,3,8-11,13-14H2,1-2H3,(H2,22,23,24). The van der Waals surface area contributed by atoms with Gasteiger partial charge in [0.05, 0.1) is 25.4 Å². The zero-order valence-corrected chi connectivity index (χ0v) is 16.7. The SMILES string of the molecule is CCc1ccc(CNC(=NC)NCc2ccc(N3CCOCC3)c(F)c2)s1. The second kappa shape index (κ2) is 9.71. The van der Waals surface area contributed by atoms with E-state index in [9.17, 15) is 4.39 Å².